The zero-order chi connectivity index (χ0) is 8.43. The third kappa shape index (κ3) is 2.17. The summed E-state index contributed by atoms with van der Waals surface area (Å²) in [7, 11) is 0. The minimum absolute atomic E-state index is 0.264. The van der Waals surface area contributed by atoms with Crippen LogP contribution in [0, 0.1) is 11.8 Å². The van der Waals surface area contributed by atoms with Gasteiger partial charge >= 0.3 is 0 Å². The van der Waals surface area contributed by atoms with E-state index in [0.29, 0.717) is 18.3 Å². The van der Waals surface area contributed by atoms with Crippen molar-refractivity contribution >= 4 is 0 Å². The number of aliphatic hydroxyl groups is 2. The van der Waals surface area contributed by atoms with Crippen molar-refractivity contribution in [2.45, 2.75) is 45.3 Å². The summed E-state index contributed by atoms with van der Waals surface area (Å²) in [5.41, 5.74) is 0. The van der Waals surface area contributed by atoms with E-state index in [1.165, 1.54) is 0 Å². The molecule has 0 heterocycles. The van der Waals surface area contributed by atoms with E-state index in [4.69, 9.17) is 0 Å². The molecule has 0 saturated heterocycles. The first kappa shape index (κ1) is 9.01. The molecule has 66 valence electrons. The van der Waals surface area contributed by atoms with E-state index in [1.54, 1.807) is 0 Å². The Labute approximate surface area is 68.2 Å². The van der Waals surface area contributed by atoms with Gasteiger partial charge in [0.25, 0.3) is 0 Å². The van der Waals surface area contributed by atoms with Gasteiger partial charge in [0.1, 0.15) is 0 Å². The topological polar surface area (TPSA) is 40.5 Å². The largest absolute Gasteiger partial charge is 0.393 e. The predicted octanol–water partition coefficient (Wildman–Crippen LogP) is 1.16. The van der Waals surface area contributed by atoms with Gasteiger partial charge in [-0.3, -0.25) is 0 Å². The van der Waals surface area contributed by atoms with Crippen LogP contribution in [0.4, 0.5) is 0 Å². The van der Waals surface area contributed by atoms with Crippen molar-refractivity contribution in [2.24, 2.45) is 11.8 Å². The van der Waals surface area contributed by atoms with Gasteiger partial charge in [0.2, 0.25) is 0 Å². The van der Waals surface area contributed by atoms with Crippen LogP contribution in [-0.2, 0) is 0 Å². The van der Waals surface area contributed by atoms with Crippen LogP contribution < -0.4 is 0 Å². The highest BCUT2D eigenvalue weighted by Crippen LogP contribution is 2.30. The lowest BCUT2D eigenvalue weighted by Crippen LogP contribution is -2.34. The molecule has 0 aromatic heterocycles. The normalized spacial score (nSPS) is 39.5. The quantitative estimate of drug-likeness (QED) is 0.601. The van der Waals surface area contributed by atoms with Crippen LogP contribution in [0.1, 0.15) is 33.1 Å². The minimum Gasteiger partial charge on any atom is -0.393 e. The second-order valence-corrected chi connectivity index (χ2v) is 3.94. The van der Waals surface area contributed by atoms with Crippen LogP contribution >= 0.6 is 0 Å². The molecular weight excluding hydrogens is 140 g/mol. The van der Waals surface area contributed by atoms with E-state index >= 15 is 0 Å². The predicted molar refractivity (Wildman–Crippen MR) is 44.2 cm³/mol. The second kappa shape index (κ2) is 3.55. The lowest BCUT2D eigenvalue weighted by atomic mass is 9.78. The maximum Gasteiger partial charge on any atom is 0.0595 e. The van der Waals surface area contributed by atoms with Crippen molar-refractivity contribution in [3.05, 3.63) is 0 Å². The second-order valence-electron chi connectivity index (χ2n) is 3.94. The molecule has 1 aliphatic carbocycles. The third-order valence-electron chi connectivity index (χ3n) is 2.70. The molecule has 0 aromatic carbocycles. The van der Waals surface area contributed by atoms with E-state index in [0.717, 1.165) is 12.8 Å². The maximum atomic E-state index is 9.55. The fourth-order valence-corrected chi connectivity index (χ4v) is 1.93. The Morgan fingerprint density at radius 3 is 2.27 bits per heavy atom. The van der Waals surface area contributed by atoms with Crippen molar-refractivity contribution in [1.82, 2.24) is 0 Å². The van der Waals surface area contributed by atoms with Crippen molar-refractivity contribution in [3.63, 3.8) is 0 Å². The highest BCUT2D eigenvalue weighted by Gasteiger charge is 2.29. The van der Waals surface area contributed by atoms with Gasteiger partial charge in [-0.2, -0.15) is 0 Å². The average Bonchev–Trinajstić information content (AvgIpc) is 1.85. The average molecular weight is 158 g/mol. The lowest BCUT2D eigenvalue weighted by molar-refractivity contribution is -0.0142. The molecule has 2 heteroatoms. The van der Waals surface area contributed by atoms with Crippen molar-refractivity contribution in [3.8, 4) is 0 Å². The molecular formula is C9H18O2. The molecule has 0 bridgehead atoms. The smallest absolute Gasteiger partial charge is 0.0595 e. The molecule has 0 spiro atoms. The van der Waals surface area contributed by atoms with Gasteiger partial charge in [0.05, 0.1) is 12.2 Å². The lowest BCUT2D eigenvalue weighted by Gasteiger charge is -2.33. The number of hydrogen-bond acceptors (Lipinski definition) is 2. The summed E-state index contributed by atoms with van der Waals surface area (Å²) in [6, 6.07) is 0. The molecule has 1 fully saturated rings. The molecule has 0 aromatic rings. The van der Waals surface area contributed by atoms with E-state index in [2.05, 4.69) is 13.8 Å². The molecule has 0 aliphatic heterocycles. The summed E-state index contributed by atoms with van der Waals surface area (Å²) in [6.07, 6.45) is 1.86. The Morgan fingerprint density at radius 1 is 1.18 bits per heavy atom. The van der Waals surface area contributed by atoms with Gasteiger partial charge in [0, 0.05) is 0 Å². The van der Waals surface area contributed by atoms with Crippen LogP contribution in [0.2, 0.25) is 0 Å². The third-order valence-corrected chi connectivity index (χ3v) is 2.70. The Hall–Kier alpha value is -0.0800. The Balaban J connectivity index is 2.44. The monoisotopic (exact) mass is 158 g/mol. The van der Waals surface area contributed by atoms with Crippen molar-refractivity contribution in [2.75, 3.05) is 0 Å². The van der Waals surface area contributed by atoms with Gasteiger partial charge in [0.15, 0.2) is 0 Å². The summed E-state index contributed by atoms with van der Waals surface area (Å²) < 4.78 is 0. The highest BCUT2D eigenvalue weighted by molar-refractivity contribution is 4.80. The van der Waals surface area contributed by atoms with E-state index < -0.39 is 0 Å². The Bertz CT molecular complexity index is 123. The van der Waals surface area contributed by atoms with Crippen LogP contribution in [0.25, 0.3) is 0 Å². The number of hydrogen-bond donors (Lipinski definition) is 2. The first-order chi connectivity index (χ1) is 5.11. The first-order valence-corrected chi connectivity index (χ1v) is 4.47. The molecule has 1 saturated carbocycles. The molecule has 0 unspecified atom stereocenters. The van der Waals surface area contributed by atoms with Crippen LogP contribution in [0.3, 0.4) is 0 Å². The summed E-state index contributed by atoms with van der Waals surface area (Å²) in [6.45, 7) is 4.26. The first-order valence-electron chi connectivity index (χ1n) is 4.47. The molecule has 1 rings (SSSR count). The molecule has 2 nitrogen and oxygen atoms in total. The molecule has 11 heavy (non-hydrogen) atoms. The molecule has 0 amide bonds. The van der Waals surface area contributed by atoms with Crippen molar-refractivity contribution < 1.29 is 10.2 Å². The number of rotatable bonds is 1. The van der Waals surface area contributed by atoms with Crippen molar-refractivity contribution in [1.29, 1.82) is 0 Å². The fraction of sp³-hybridized carbons (Fsp3) is 1.00. The molecule has 3 atom stereocenters. The van der Waals surface area contributed by atoms with E-state index in [-0.39, 0.29) is 12.2 Å². The highest BCUT2D eigenvalue weighted by atomic mass is 16.3. The fourth-order valence-electron chi connectivity index (χ4n) is 1.93. The van der Waals surface area contributed by atoms with Gasteiger partial charge in [-0.15, -0.1) is 0 Å². The summed E-state index contributed by atoms with van der Waals surface area (Å²) in [4.78, 5) is 0. The van der Waals surface area contributed by atoms with E-state index in [9.17, 15) is 10.2 Å². The maximum absolute atomic E-state index is 9.55. The molecule has 1 aliphatic rings. The standard InChI is InChI=1S/C9H18O2/c1-6(2)8-4-3-7(10)5-9(8)11/h6-11H,3-5H2,1-2H3/t7-,8+,9-/m1/s1. The van der Waals surface area contributed by atoms with Crippen LogP contribution in [0.5, 0.6) is 0 Å². The van der Waals surface area contributed by atoms with Gasteiger partial charge in [-0.05, 0) is 31.1 Å². The van der Waals surface area contributed by atoms with Gasteiger partial charge in [-0.25, -0.2) is 0 Å². The van der Waals surface area contributed by atoms with Crippen LogP contribution in [-0.4, -0.2) is 22.4 Å². The van der Waals surface area contributed by atoms with E-state index in [1.807, 2.05) is 0 Å². The van der Waals surface area contributed by atoms with Gasteiger partial charge < -0.3 is 10.2 Å². The SMILES string of the molecule is CC(C)[C@@H]1CC[C@@H](O)C[C@H]1O. The van der Waals surface area contributed by atoms with Crippen LogP contribution in [0.15, 0.2) is 0 Å². The molecule has 2 N–H and O–H groups in total. The Kier molecular flexibility index (Phi) is 2.90. The summed E-state index contributed by atoms with van der Waals surface area (Å²) in [5.74, 6) is 0.941. The number of aliphatic hydroxyl groups excluding tert-OH is 2. The zero-order valence-electron chi connectivity index (χ0n) is 7.33. The van der Waals surface area contributed by atoms with Gasteiger partial charge in [-0.1, -0.05) is 13.8 Å². The Morgan fingerprint density at radius 2 is 1.82 bits per heavy atom. The molecule has 0 radical (unpaired) electrons. The minimum atomic E-state index is -0.279. The summed E-state index contributed by atoms with van der Waals surface area (Å²) in [5, 5.41) is 18.8. The summed E-state index contributed by atoms with van der Waals surface area (Å²) >= 11 is 0. The zero-order valence-corrected chi connectivity index (χ0v) is 7.33.